The first kappa shape index (κ1) is 14.9. The number of hydrogen-bond donors (Lipinski definition) is 1. The van der Waals surface area contributed by atoms with Crippen molar-refractivity contribution in [2.24, 2.45) is 0 Å². The SMILES string of the molecule is CCCNC(c1cc(C)ccc1C)C1(C)CCCS1. The maximum Gasteiger partial charge on any atom is 0.0469 e. The molecule has 0 radical (unpaired) electrons. The predicted molar refractivity (Wildman–Crippen MR) is 87.0 cm³/mol. The van der Waals surface area contributed by atoms with E-state index in [9.17, 15) is 0 Å². The van der Waals surface area contributed by atoms with Crippen LogP contribution in [0.3, 0.4) is 0 Å². The Morgan fingerprint density at radius 2 is 2.16 bits per heavy atom. The van der Waals surface area contributed by atoms with Crippen molar-refractivity contribution >= 4 is 11.8 Å². The van der Waals surface area contributed by atoms with Gasteiger partial charge in [0.15, 0.2) is 0 Å². The minimum atomic E-state index is 0.355. The Morgan fingerprint density at radius 1 is 1.37 bits per heavy atom. The van der Waals surface area contributed by atoms with Crippen molar-refractivity contribution in [3.8, 4) is 0 Å². The van der Waals surface area contributed by atoms with Crippen LogP contribution in [0, 0.1) is 13.8 Å². The topological polar surface area (TPSA) is 12.0 Å². The van der Waals surface area contributed by atoms with Crippen LogP contribution in [-0.2, 0) is 0 Å². The second-order valence-electron chi connectivity index (χ2n) is 6.01. The van der Waals surface area contributed by atoms with Crippen LogP contribution in [0.2, 0.25) is 0 Å². The Kier molecular flexibility index (Phi) is 4.97. The van der Waals surface area contributed by atoms with Crippen LogP contribution in [0.5, 0.6) is 0 Å². The van der Waals surface area contributed by atoms with Gasteiger partial charge in [0.1, 0.15) is 0 Å². The van der Waals surface area contributed by atoms with Crippen LogP contribution >= 0.6 is 11.8 Å². The monoisotopic (exact) mass is 277 g/mol. The van der Waals surface area contributed by atoms with Crippen LogP contribution in [0.4, 0.5) is 0 Å². The Bertz CT molecular complexity index is 421. The highest BCUT2D eigenvalue weighted by atomic mass is 32.2. The molecule has 1 aliphatic rings. The first-order chi connectivity index (χ1) is 9.07. The molecule has 1 aliphatic heterocycles. The van der Waals surface area contributed by atoms with Gasteiger partial charge in [-0.2, -0.15) is 11.8 Å². The molecule has 106 valence electrons. The summed E-state index contributed by atoms with van der Waals surface area (Å²) in [5, 5.41) is 3.82. The zero-order valence-electron chi connectivity index (χ0n) is 12.8. The van der Waals surface area contributed by atoms with E-state index in [4.69, 9.17) is 0 Å². The zero-order chi connectivity index (χ0) is 13.9. The molecule has 2 rings (SSSR count). The summed E-state index contributed by atoms with van der Waals surface area (Å²) < 4.78 is 0.355. The lowest BCUT2D eigenvalue weighted by molar-refractivity contribution is 0.411. The van der Waals surface area contributed by atoms with Gasteiger partial charge in [-0.25, -0.2) is 0 Å². The number of thioether (sulfide) groups is 1. The highest BCUT2D eigenvalue weighted by Gasteiger charge is 2.38. The Labute approximate surface area is 122 Å². The summed E-state index contributed by atoms with van der Waals surface area (Å²) in [6.07, 6.45) is 3.88. The number of nitrogens with one attached hydrogen (secondary N) is 1. The Morgan fingerprint density at radius 3 is 2.79 bits per heavy atom. The standard InChI is InChI=1S/C17H27NS/c1-5-10-18-16(17(4)9-6-11-19-17)15-12-13(2)7-8-14(15)3/h7-8,12,16,18H,5-6,9-11H2,1-4H3. The van der Waals surface area contributed by atoms with Gasteiger partial charge in [-0.15, -0.1) is 0 Å². The molecule has 1 aromatic rings. The minimum Gasteiger partial charge on any atom is -0.309 e. The van der Waals surface area contributed by atoms with Crippen molar-refractivity contribution in [2.45, 2.75) is 57.7 Å². The molecule has 1 saturated heterocycles. The van der Waals surface area contributed by atoms with Crippen molar-refractivity contribution in [1.29, 1.82) is 0 Å². The first-order valence-corrected chi connectivity index (χ1v) is 8.50. The third-order valence-electron chi connectivity index (χ3n) is 4.20. The summed E-state index contributed by atoms with van der Waals surface area (Å²) in [5.41, 5.74) is 4.30. The summed E-state index contributed by atoms with van der Waals surface area (Å²) in [6, 6.07) is 7.36. The van der Waals surface area contributed by atoms with Crippen molar-refractivity contribution in [3.05, 3.63) is 34.9 Å². The average molecular weight is 277 g/mol. The van der Waals surface area contributed by atoms with Gasteiger partial charge in [-0.3, -0.25) is 0 Å². The summed E-state index contributed by atoms with van der Waals surface area (Å²) in [6.45, 7) is 10.2. The minimum absolute atomic E-state index is 0.355. The maximum atomic E-state index is 3.82. The van der Waals surface area contributed by atoms with Crippen LogP contribution in [0.1, 0.15) is 55.8 Å². The molecule has 0 saturated carbocycles. The lowest BCUT2D eigenvalue weighted by Gasteiger charge is -2.35. The van der Waals surface area contributed by atoms with Crippen LogP contribution < -0.4 is 5.32 Å². The lowest BCUT2D eigenvalue weighted by Crippen LogP contribution is -2.38. The van der Waals surface area contributed by atoms with Crippen LogP contribution in [-0.4, -0.2) is 17.0 Å². The molecule has 2 heteroatoms. The summed E-state index contributed by atoms with van der Waals surface area (Å²) in [7, 11) is 0. The van der Waals surface area contributed by atoms with Crippen molar-refractivity contribution in [1.82, 2.24) is 5.32 Å². The highest BCUT2D eigenvalue weighted by molar-refractivity contribution is 8.00. The maximum absolute atomic E-state index is 3.82. The van der Waals surface area contributed by atoms with Gasteiger partial charge in [-0.05, 0) is 63.5 Å². The van der Waals surface area contributed by atoms with E-state index in [2.05, 4.69) is 63.0 Å². The second-order valence-corrected chi connectivity index (χ2v) is 7.64. The van der Waals surface area contributed by atoms with Gasteiger partial charge in [0.05, 0.1) is 0 Å². The molecule has 1 nitrogen and oxygen atoms in total. The van der Waals surface area contributed by atoms with Gasteiger partial charge in [-0.1, -0.05) is 30.7 Å². The van der Waals surface area contributed by atoms with Crippen molar-refractivity contribution in [3.63, 3.8) is 0 Å². The number of rotatable bonds is 5. The lowest BCUT2D eigenvalue weighted by atomic mass is 9.87. The molecule has 1 N–H and O–H groups in total. The zero-order valence-corrected chi connectivity index (χ0v) is 13.6. The van der Waals surface area contributed by atoms with Gasteiger partial charge < -0.3 is 5.32 Å². The van der Waals surface area contributed by atoms with Gasteiger partial charge in [0, 0.05) is 10.8 Å². The molecule has 0 aliphatic carbocycles. The fourth-order valence-corrected chi connectivity index (χ4v) is 4.46. The summed E-state index contributed by atoms with van der Waals surface area (Å²) in [4.78, 5) is 0. The fraction of sp³-hybridized carbons (Fsp3) is 0.647. The smallest absolute Gasteiger partial charge is 0.0469 e. The fourth-order valence-electron chi connectivity index (χ4n) is 3.04. The van der Waals surface area contributed by atoms with E-state index in [0.29, 0.717) is 10.8 Å². The molecular formula is C17H27NS. The highest BCUT2D eigenvalue weighted by Crippen LogP contribution is 2.47. The molecule has 1 aromatic carbocycles. The summed E-state index contributed by atoms with van der Waals surface area (Å²) in [5.74, 6) is 1.31. The van der Waals surface area contributed by atoms with E-state index in [1.54, 1.807) is 0 Å². The van der Waals surface area contributed by atoms with Crippen LogP contribution in [0.15, 0.2) is 18.2 Å². The molecule has 2 unspecified atom stereocenters. The Balaban J connectivity index is 2.33. The van der Waals surface area contributed by atoms with E-state index in [1.807, 2.05) is 0 Å². The van der Waals surface area contributed by atoms with Crippen molar-refractivity contribution in [2.75, 3.05) is 12.3 Å². The van der Waals surface area contributed by atoms with E-state index in [-0.39, 0.29) is 0 Å². The number of aryl methyl sites for hydroxylation is 2. The molecule has 2 atom stereocenters. The Hall–Kier alpha value is -0.470. The third kappa shape index (κ3) is 3.35. The molecule has 1 heterocycles. The van der Waals surface area contributed by atoms with Gasteiger partial charge in [0.2, 0.25) is 0 Å². The molecule has 19 heavy (non-hydrogen) atoms. The van der Waals surface area contributed by atoms with Crippen LogP contribution in [0.25, 0.3) is 0 Å². The second kappa shape index (κ2) is 6.32. The van der Waals surface area contributed by atoms with E-state index >= 15 is 0 Å². The average Bonchev–Trinajstić information content (AvgIpc) is 2.82. The summed E-state index contributed by atoms with van der Waals surface area (Å²) >= 11 is 2.15. The van der Waals surface area contributed by atoms with E-state index in [0.717, 1.165) is 6.54 Å². The molecule has 0 amide bonds. The number of hydrogen-bond acceptors (Lipinski definition) is 2. The number of benzene rings is 1. The quantitative estimate of drug-likeness (QED) is 0.842. The van der Waals surface area contributed by atoms with Crippen molar-refractivity contribution < 1.29 is 0 Å². The largest absolute Gasteiger partial charge is 0.309 e. The molecular weight excluding hydrogens is 250 g/mol. The first-order valence-electron chi connectivity index (χ1n) is 7.51. The molecule has 0 bridgehead atoms. The molecule has 0 spiro atoms. The predicted octanol–water partition coefficient (Wildman–Crippen LogP) is 4.63. The van der Waals surface area contributed by atoms with Gasteiger partial charge >= 0.3 is 0 Å². The van der Waals surface area contributed by atoms with Gasteiger partial charge in [0.25, 0.3) is 0 Å². The normalized spacial score (nSPS) is 24.6. The van der Waals surface area contributed by atoms with E-state index in [1.165, 1.54) is 41.7 Å². The molecule has 0 aromatic heterocycles. The van der Waals surface area contributed by atoms with E-state index < -0.39 is 0 Å². The third-order valence-corrected chi connectivity index (χ3v) is 5.80. The molecule has 1 fully saturated rings.